The average Bonchev–Trinajstić information content (AvgIpc) is 2.35. The summed E-state index contributed by atoms with van der Waals surface area (Å²) >= 11 is 0. The number of ether oxygens (including phenoxy) is 1. The van der Waals surface area contributed by atoms with Crippen LogP contribution in [-0.2, 0) is 11.2 Å². The van der Waals surface area contributed by atoms with Gasteiger partial charge in [-0.15, -0.1) is 0 Å². The van der Waals surface area contributed by atoms with Crippen LogP contribution in [0.3, 0.4) is 0 Å². The predicted octanol–water partition coefficient (Wildman–Crippen LogP) is 1.16. The highest BCUT2D eigenvalue weighted by molar-refractivity contribution is 5.47. The Morgan fingerprint density at radius 3 is 2.65 bits per heavy atom. The molecule has 96 valence electrons. The molecule has 4 N–H and O–H groups in total. The van der Waals surface area contributed by atoms with Crippen molar-refractivity contribution >= 4 is 11.6 Å². The molecule has 0 bridgehead atoms. The Kier molecular flexibility index (Phi) is 5.65. The number of hydrazine groups is 1. The lowest BCUT2D eigenvalue weighted by Crippen LogP contribution is -2.23. The topological polar surface area (TPSA) is 85.1 Å². The van der Waals surface area contributed by atoms with Gasteiger partial charge in [0.15, 0.2) is 0 Å². The smallest absolute Gasteiger partial charge is 0.145 e. The molecule has 1 aromatic heterocycles. The SMILES string of the molecule is CCOCC(C)Nc1cc(NN)nc(CC)n1. The fourth-order valence-corrected chi connectivity index (χ4v) is 1.39. The molecular formula is C11H21N5O. The molecule has 0 amide bonds. The van der Waals surface area contributed by atoms with Gasteiger partial charge < -0.3 is 15.5 Å². The lowest BCUT2D eigenvalue weighted by atomic mass is 10.3. The van der Waals surface area contributed by atoms with E-state index in [-0.39, 0.29) is 6.04 Å². The predicted molar refractivity (Wildman–Crippen MR) is 68.8 cm³/mol. The number of hydrogen-bond acceptors (Lipinski definition) is 6. The van der Waals surface area contributed by atoms with Crippen molar-refractivity contribution in [3.05, 3.63) is 11.9 Å². The number of aryl methyl sites for hydroxylation is 1. The fourth-order valence-electron chi connectivity index (χ4n) is 1.39. The number of hydrogen-bond donors (Lipinski definition) is 3. The average molecular weight is 239 g/mol. The second-order valence-electron chi connectivity index (χ2n) is 3.76. The Morgan fingerprint density at radius 1 is 1.35 bits per heavy atom. The zero-order chi connectivity index (χ0) is 12.7. The quantitative estimate of drug-likeness (QED) is 0.489. The third-order valence-electron chi connectivity index (χ3n) is 2.20. The van der Waals surface area contributed by atoms with Crippen molar-refractivity contribution in [2.45, 2.75) is 33.2 Å². The number of rotatable bonds is 7. The summed E-state index contributed by atoms with van der Waals surface area (Å²) in [7, 11) is 0. The standard InChI is InChI=1S/C11H21N5O/c1-4-9-14-10(6-11(15-9)16-12)13-8(3)7-17-5-2/h6,8H,4-5,7,12H2,1-3H3,(H2,13,14,15,16). The minimum atomic E-state index is 0.195. The highest BCUT2D eigenvalue weighted by atomic mass is 16.5. The molecule has 0 aromatic carbocycles. The van der Waals surface area contributed by atoms with Crippen LogP contribution in [0, 0.1) is 0 Å². The lowest BCUT2D eigenvalue weighted by Gasteiger charge is -2.15. The molecule has 17 heavy (non-hydrogen) atoms. The Labute approximate surface area is 102 Å². The van der Waals surface area contributed by atoms with Crippen molar-refractivity contribution in [3.63, 3.8) is 0 Å². The molecular weight excluding hydrogens is 218 g/mol. The summed E-state index contributed by atoms with van der Waals surface area (Å²) in [4.78, 5) is 8.60. The molecule has 0 fully saturated rings. The van der Waals surface area contributed by atoms with Gasteiger partial charge in [-0.2, -0.15) is 0 Å². The first-order valence-corrected chi connectivity index (χ1v) is 5.88. The summed E-state index contributed by atoms with van der Waals surface area (Å²) in [6.45, 7) is 7.38. The number of anilines is 2. The van der Waals surface area contributed by atoms with Gasteiger partial charge in [-0.3, -0.25) is 0 Å². The van der Waals surface area contributed by atoms with Gasteiger partial charge in [0.1, 0.15) is 17.5 Å². The molecule has 1 unspecified atom stereocenters. The van der Waals surface area contributed by atoms with Crippen LogP contribution in [0.1, 0.15) is 26.6 Å². The minimum Gasteiger partial charge on any atom is -0.380 e. The molecule has 0 aliphatic carbocycles. The van der Waals surface area contributed by atoms with Crippen LogP contribution in [0.4, 0.5) is 11.6 Å². The van der Waals surface area contributed by atoms with E-state index in [2.05, 4.69) is 20.7 Å². The van der Waals surface area contributed by atoms with Crippen molar-refractivity contribution in [1.29, 1.82) is 0 Å². The van der Waals surface area contributed by atoms with Crippen LogP contribution >= 0.6 is 0 Å². The third-order valence-corrected chi connectivity index (χ3v) is 2.20. The van der Waals surface area contributed by atoms with Gasteiger partial charge in [-0.25, -0.2) is 15.8 Å². The Hall–Kier alpha value is -1.40. The van der Waals surface area contributed by atoms with E-state index < -0.39 is 0 Å². The summed E-state index contributed by atoms with van der Waals surface area (Å²) in [5.74, 6) is 7.49. The molecule has 0 aliphatic rings. The summed E-state index contributed by atoms with van der Waals surface area (Å²) in [5, 5.41) is 3.25. The van der Waals surface area contributed by atoms with Gasteiger partial charge in [0.05, 0.1) is 6.61 Å². The number of nitrogens with one attached hydrogen (secondary N) is 2. The maximum absolute atomic E-state index is 5.36. The summed E-state index contributed by atoms with van der Waals surface area (Å²) < 4.78 is 5.33. The van der Waals surface area contributed by atoms with Crippen LogP contribution in [0.25, 0.3) is 0 Å². The van der Waals surface area contributed by atoms with Crippen LogP contribution < -0.4 is 16.6 Å². The molecule has 0 radical (unpaired) electrons. The first-order chi connectivity index (χ1) is 8.19. The normalized spacial score (nSPS) is 12.2. The first kappa shape index (κ1) is 13.7. The number of aromatic nitrogens is 2. The summed E-state index contributed by atoms with van der Waals surface area (Å²) in [6.07, 6.45) is 0.768. The van der Waals surface area contributed by atoms with Gasteiger partial charge in [-0.1, -0.05) is 6.92 Å². The van der Waals surface area contributed by atoms with Gasteiger partial charge in [0.25, 0.3) is 0 Å². The van der Waals surface area contributed by atoms with E-state index in [1.165, 1.54) is 0 Å². The molecule has 0 spiro atoms. The number of nitrogens with two attached hydrogens (primary N) is 1. The van der Waals surface area contributed by atoms with Crippen molar-refractivity contribution in [1.82, 2.24) is 9.97 Å². The number of nitrogen functional groups attached to an aromatic ring is 1. The largest absolute Gasteiger partial charge is 0.380 e. The lowest BCUT2D eigenvalue weighted by molar-refractivity contribution is 0.141. The van der Waals surface area contributed by atoms with E-state index in [0.29, 0.717) is 19.0 Å². The van der Waals surface area contributed by atoms with E-state index in [4.69, 9.17) is 10.6 Å². The van der Waals surface area contributed by atoms with E-state index >= 15 is 0 Å². The highest BCUT2D eigenvalue weighted by Gasteiger charge is 2.06. The number of nitrogens with zero attached hydrogens (tertiary/aromatic N) is 2. The van der Waals surface area contributed by atoms with Gasteiger partial charge >= 0.3 is 0 Å². The van der Waals surface area contributed by atoms with Crippen LogP contribution in [0.15, 0.2) is 6.07 Å². The van der Waals surface area contributed by atoms with Gasteiger partial charge in [0.2, 0.25) is 0 Å². The maximum atomic E-state index is 5.36. The van der Waals surface area contributed by atoms with Crippen LogP contribution in [-0.4, -0.2) is 29.2 Å². The highest BCUT2D eigenvalue weighted by Crippen LogP contribution is 2.11. The summed E-state index contributed by atoms with van der Waals surface area (Å²) in [5.41, 5.74) is 2.54. The molecule has 1 aromatic rings. The zero-order valence-electron chi connectivity index (χ0n) is 10.7. The monoisotopic (exact) mass is 239 g/mol. The molecule has 1 heterocycles. The van der Waals surface area contributed by atoms with E-state index in [1.807, 2.05) is 20.8 Å². The Morgan fingerprint density at radius 2 is 2.06 bits per heavy atom. The van der Waals surface area contributed by atoms with Crippen molar-refractivity contribution < 1.29 is 4.74 Å². The van der Waals surface area contributed by atoms with Crippen molar-refractivity contribution in [2.75, 3.05) is 24.0 Å². The molecule has 6 nitrogen and oxygen atoms in total. The molecule has 0 aliphatic heterocycles. The minimum absolute atomic E-state index is 0.195. The third kappa shape index (κ3) is 4.54. The maximum Gasteiger partial charge on any atom is 0.145 e. The van der Waals surface area contributed by atoms with Crippen molar-refractivity contribution in [3.8, 4) is 0 Å². The molecule has 6 heteroatoms. The van der Waals surface area contributed by atoms with E-state index in [9.17, 15) is 0 Å². The van der Waals surface area contributed by atoms with Crippen LogP contribution in [0.2, 0.25) is 0 Å². The van der Waals surface area contributed by atoms with E-state index in [0.717, 1.165) is 18.1 Å². The fraction of sp³-hybridized carbons (Fsp3) is 0.636. The second kappa shape index (κ2) is 7.03. The van der Waals surface area contributed by atoms with Crippen molar-refractivity contribution in [2.24, 2.45) is 5.84 Å². The molecule has 1 rings (SSSR count). The Bertz CT molecular complexity index is 322. The molecule has 0 saturated heterocycles. The van der Waals surface area contributed by atoms with Gasteiger partial charge in [0, 0.05) is 25.1 Å². The molecule has 1 atom stereocenters. The van der Waals surface area contributed by atoms with Gasteiger partial charge in [-0.05, 0) is 13.8 Å². The van der Waals surface area contributed by atoms with E-state index in [1.54, 1.807) is 6.07 Å². The molecule has 0 saturated carbocycles. The second-order valence-corrected chi connectivity index (χ2v) is 3.76. The summed E-state index contributed by atoms with van der Waals surface area (Å²) in [6, 6.07) is 1.97. The first-order valence-electron chi connectivity index (χ1n) is 5.88. The Balaban J connectivity index is 2.68. The zero-order valence-corrected chi connectivity index (χ0v) is 10.7. The van der Waals surface area contributed by atoms with Crippen LogP contribution in [0.5, 0.6) is 0 Å².